The van der Waals surface area contributed by atoms with E-state index in [1.807, 2.05) is 0 Å². The van der Waals surface area contributed by atoms with E-state index in [-0.39, 0.29) is 0 Å². The van der Waals surface area contributed by atoms with Crippen LogP contribution in [-0.4, -0.2) is 41.9 Å². The Morgan fingerprint density at radius 3 is 2.76 bits per heavy atom. The number of thiocarbonyl (C=S) groups is 1. The first-order chi connectivity index (χ1) is 8.25. The van der Waals surface area contributed by atoms with Crippen molar-refractivity contribution < 1.29 is 4.74 Å². The van der Waals surface area contributed by atoms with Gasteiger partial charge >= 0.3 is 0 Å². The first kappa shape index (κ1) is 13.1. The van der Waals surface area contributed by atoms with Gasteiger partial charge in [-0.05, 0) is 38.4 Å². The highest BCUT2D eigenvalue weighted by atomic mass is 32.1. The van der Waals surface area contributed by atoms with Crippen LogP contribution in [0.15, 0.2) is 0 Å². The number of hydrogen-bond donors (Lipinski definition) is 1. The number of nitrogens with one attached hydrogen (secondary N) is 1. The summed E-state index contributed by atoms with van der Waals surface area (Å²) in [5.41, 5.74) is 0. The van der Waals surface area contributed by atoms with Gasteiger partial charge in [-0.15, -0.1) is 0 Å². The van der Waals surface area contributed by atoms with E-state index in [9.17, 15) is 0 Å². The van der Waals surface area contributed by atoms with E-state index in [1.165, 1.54) is 32.1 Å². The molecule has 1 atom stereocenters. The van der Waals surface area contributed by atoms with Crippen LogP contribution in [0.5, 0.6) is 0 Å². The highest BCUT2D eigenvalue weighted by Gasteiger charge is 2.20. The predicted molar refractivity (Wildman–Crippen MR) is 74.2 cm³/mol. The average molecular weight is 256 g/mol. The Morgan fingerprint density at radius 1 is 1.24 bits per heavy atom. The van der Waals surface area contributed by atoms with E-state index in [0.717, 1.165) is 31.2 Å². The molecule has 2 aliphatic rings. The van der Waals surface area contributed by atoms with Gasteiger partial charge in [0.05, 0.1) is 6.10 Å². The van der Waals surface area contributed by atoms with E-state index in [1.54, 1.807) is 0 Å². The van der Waals surface area contributed by atoms with Crippen molar-refractivity contribution in [3.05, 3.63) is 0 Å². The SMILES string of the molecule is CC1CN(C(=S)NC2CCCCC2)CCCO1. The second kappa shape index (κ2) is 6.55. The summed E-state index contributed by atoms with van der Waals surface area (Å²) in [4.78, 5) is 2.28. The molecule has 0 radical (unpaired) electrons. The Labute approximate surface area is 110 Å². The topological polar surface area (TPSA) is 24.5 Å². The molecule has 2 rings (SSSR count). The molecule has 98 valence electrons. The molecule has 0 aromatic carbocycles. The minimum absolute atomic E-state index is 0.295. The molecule has 2 fully saturated rings. The summed E-state index contributed by atoms with van der Waals surface area (Å²) in [5.74, 6) is 0. The minimum Gasteiger partial charge on any atom is -0.377 e. The molecule has 1 N–H and O–H groups in total. The molecular formula is C13H24N2OS. The maximum atomic E-state index is 5.64. The van der Waals surface area contributed by atoms with Crippen LogP contribution in [0.1, 0.15) is 45.4 Å². The zero-order valence-electron chi connectivity index (χ0n) is 10.8. The highest BCUT2D eigenvalue weighted by Crippen LogP contribution is 2.18. The van der Waals surface area contributed by atoms with Crippen LogP contribution in [0.4, 0.5) is 0 Å². The zero-order chi connectivity index (χ0) is 12.1. The molecule has 3 nitrogen and oxygen atoms in total. The normalized spacial score (nSPS) is 27.6. The highest BCUT2D eigenvalue weighted by molar-refractivity contribution is 7.80. The standard InChI is InChI=1S/C13H24N2OS/c1-11-10-15(8-5-9-16-11)13(17)14-12-6-3-2-4-7-12/h11-12H,2-10H2,1H3,(H,14,17). The van der Waals surface area contributed by atoms with Crippen LogP contribution in [0.3, 0.4) is 0 Å². The molecular weight excluding hydrogens is 232 g/mol. The number of hydrogen-bond acceptors (Lipinski definition) is 2. The van der Waals surface area contributed by atoms with Crippen LogP contribution >= 0.6 is 12.2 Å². The minimum atomic E-state index is 0.295. The number of ether oxygens (including phenoxy) is 1. The van der Waals surface area contributed by atoms with Gasteiger partial charge in [0.2, 0.25) is 0 Å². The fourth-order valence-electron chi connectivity index (χ4n) is 2.69. The summed E-state index contributed by atoms with van der Waals surface area (Å²) in [6, 6.07) is 0.607. The molecule has 0 aromatic rings. The molecule has 1 heterocycles. The summed E-state index contributed by atoms with van der Waals surface area (Å²) in [5, 5.41) is 4.48. The largest absolute Gasteiger partial charge is 0.377 e. The Balaban J connectivity index is 1.80. The lowest BCUT2D eigenvalue weighted by molar-refractivity contribution is 0.0742. The van der Waals surface area contributed by atoms with Crippen LogP contribution in [0.2, 0.25) is 0 Å². The molecule has 0 aromatic heterocycles. The van der Waals surface area contributed by atoms with Crippen LogP contribution in [0, 0.1) is 0 Å². The van der Waals surface area contributed by atoms with Gasteiger partial charge in [-0.1, -0.05) is 19.3 Å². The van der Waals surface area contributed by atoms with Gasteiger partial charge in [-0.3, -0.25) is 0 Å². The van der Waals surface area contributed by atoms with Crippen molar-refractivity contribution in [3.8, 4) is 0 Å². The van der Waals surface area contributed by atoms with Crippen molar-refractivity contribution in [3.63, 3.8) is 0 Å². The molecule has 1 saturated carbocycles. The molecule has 1 aliphatic carbocycles. The fourth-order valence-corrected chi connectivity index (χ4v) is 3.02. The lowest BCUT2D eigenvalue weighted by atomic mass is 9.96. The summed E-state index contributed by atoms with van der Waals surface area (Å²) in [6.45, 7) is 4.95. The third kappa shape index (κ3) is 4.11. The van der Waals surface area contributed by atoms with Gasteiger partial charge in [-0.2, -0.15) is 0 Å². The summed E-state index contributed by atoms with van der Waals surface area (Å²) in [7, 11) is 0. The van der Waals surface area contributed by atoms with Gasteiger partial charge in [0, 0.05) is 25.7 Å². The molecule has 1 unspecified atom stereocenters. The Hall–Kier alpha value is -0.350. The zero-order valence-corrected chi connectivity index (χ0v) is 11.6. The van der Waals surface area contributed by atoms with Gasteiger partial charge in [0.1, 0.15) is 0 Å². The van der Waals surface area contributed by atoms with Crippen molar-refractivity contribution in [2.75, 3.05) is 19.7 Å². The van der Waals surface area contributed by atoms with Gasteiger partial charge in [-0.25, -0.2) is 0 Å². The van der Waals surface area contributed by atoms with E-state index < -0.39 is 0 Å². The quantitative estimate of drug-likeness (QED) is 0.728. The first-order valence-electron chi connectivity index (χ1n) is 6.93. The van der Waals surface area contributed by atoms with Crippen LogP contribution in [-0.2, 0) is 4.74 Å². The maximum Gasteiger partial charge on any atom is 0.169 e. The van der Waals surface area contributed by atoms with Gasteiger partial charge in [0.15, 0.2) is 5.11 Å². The smallest absolute Gasteiger partial charge is 0.169 e. The third-order valence-corrected chi connectivity index (χ3v) is 4.05. The Bertz CT molecular complexity index is 254. The molecule has 0 bridgehead atoms. The van der Waals surface area contributed by atoms with Crippen LogP contribution in [0.25, 0.3) is 0 Å². The summed E-state index contributed by atoms with van der Waals surface area (Å²) >= 11 is 5.53. The van der Waals surface area contributed by atoms with Gasteiger partial charge in [0.25, 0.3) is 0 Å². The number of nitrogens with zero attached hydrogens (tertiary/aromatic N) is 1. The summed E-state index contributed by atoms with van der Waals surface area (Å²) < 4.78 is 5.64. The van der Waals surface area contributed by atoms with Crippen molar-refractivity contribution in [2.45, 2.75) is 57.6 Å². The van der Waals surface area contributed by atoms with Crippen LogP contribution < -0.4 is 5.32 Å². The predicted octanol–water partition coefficient (Wildman–Crippen LogP) is 2.30. The third-order valence-electron chi connectivity index (χ3n) is 3.67. The van der Waals surface area contributed by atoms with Crippen molar-refractivity contribution >= 4 is 17.3 Å². The van der Waals surface area contributed by atoms with E-state index in [4.69, 9.17) is 17.0 Å². The monoisotopic (exact) mass is 256 g/mol. The lowest BCUT2D eigenvalue weighted by Gasteiger charge is -2.30. The number of rotatable bonds is 1. The van der Waals surface area contributed by atoms with Gasteiger partial charge < -0.3 is 15.0 Å². The average Bonchev–Trinajstić information content (AvgIpc) is 2.55. The molecule has 1 aliphatic heterocycles. The second-order valence-corrected chi connectivity index (χ2v) is 5.65. The molecule has 17 heavy (non-hydrogen) atoms. The van der Waals surface area contributed by atoms with E-state index >= 15 is 0 Å². The lowest BCUT2D eigenvalue weighted by Crippen LogP contribution is -2.47. The van der Waals surface area contributed by atoms with Crippen molar-refractivity contribution in [1.29, 1.82) is 0 Å². The first-order valence-corrected chi connectivity index (χ1v) is 7.33. The van der Waals surface area contributed by atoms with E-state index in [2.05, 4.69) is 17.1 Å². The second-order valence-electron chi connectivity index (χ2n) is 5.27. The summed E-state index contributed by atoms with van der Waals surface area (Å²) in [6.07, 6.45) is 8.01. The molecule has 0 spiro atoms. The maximum absolute atomic E-state index is 5.64. The Kier molecular flexibility index (Phi) is 5.04. The Morgan fingerprint density at radius 2 is 2.00 bits per heavy atom. The van der Waals surface area contributed by atoms with E-state index in [0.29, 0.717) is 12.1 Å². The fraction of sp³-hybridized carbons (Fsp3) is 0.923. The molecule has 1 saturated heterocycles. The molecule has 0 amide bonds. The van der Waals surface area contributed by atoms with Crippen molar-refractivity contribution in [2.24, 2.45) is 0 Å². The molecule has 4 heteroatoms. The van der Waals surface area contributed by atoms with Crippen molar-refractivity contribution in [1.82, 2.24) is 10.2 Å².